The molecule has 1 unspecified atom stereocenters. The van der Waals surface area contributed by atoms with Gasteiger partial charge in [-0.1, -0.05) is 6.07 Å². The lowest BCUT2D eigenvalue weighted by Crippen LogP contribution is -2.38. The third kappa shape index (κ3) is 3.36. The molecule has 3 nitrogen and oxygen atoms in total. The lowest BCUT2D eigenvalue weighted by molar-refractivity contribution is 0.0743. The van der Waals surface area contributed by atoms with Crippen molar-refractivity contribution in [3.05, 3.63) is 32.9 Å². The fourth-order valence-corrected chi connectivity index (χ4v) is 2.58. The first-order chi connectivity index (χ1) is 8.09. The summed E-state index contributed by atoms with van der Waals surface area (Å²) in [5.41, 5.74) is 2.00. The van der Waals surface area contributed by atoms with Crippen LogP contribution in [0.25, 0.3) is 0 Å². The highest BCUT2D eigenvalue weighted by Crippen LogP contribution is 2.16. The molecule has 1 aliphatic rings. The molecule has 1 atom stereocenters. The van der Waals surface area contributed by atoms with Gasteiger partial charge in [0, 0.05) is 28.8 Å². The summed E-state index contributed by atoms with van der Waals surface area (Å²) in [5.74, 6) is 0.122. The summed E-state index contributed by atoms with van der Waals surface area (Å²) in [4.78, 5) is 14.2. The van der Waals surface area contributed by atoms with Crippen molar-refractivity contribution in [2.75, 3.05) is 20.1 Å². The second-order valence-corrected chi connectivity index (χ2v) is 5.69. The summed E-state index contributed by atoms with van der Waals surface area (Å²) in [5, 5.41) is 3.28. The Morgan fingerprint density at radius 2 is 2.22 bits per heavy atom. The molecule has 2 rings (SSSR count). The van der Waals surface area contributed by atoms with E-state index < -0.39 is 0 Å². The minimum absolute atomic E-state index is 0. The van der Waals surface area contributed by atoms with E-state index >= 15 is 0 Å². The first kappa shape index (κ1) is 15.7. The van der Waals surface area contributed by atoms with Gasteiger partial charge in [0.2, 0.25) is 0 Å². The van der Waals surface area contributed by atoms with Crippen LogP contribution in [0.5, 0.6) is 0 Å². The molecule has 100 valence electrons. The molecular weight excluding hydrogens is 363 g/mol. The van der Waals surface area contributed by atoms with Crippen LogP contribution in [0.4, 0.5) is 0 Å². The van der Waals surface area contributed by atoms with Crippen molar-refractivity contribution in [1.82, 2.24) is 10.2 Å². The molecule has 18 heavy (non-hydrogen) atoms. The lowest BCUT2D eigenvalue weighted by Gasteiger charge is -2.24. The molecule has 0 spiro atoms. The van der Waals surface area contributed by atoms with Gasteiger partial charge < -0.3 is 10.2 Å². The number of rotatable bonds is 2. The zero-order chi connectivity index (χ0) is 12.4. The van der Waals surface area contributed by atoms with E-state index in [0.717, 1.165) is 28.6 Å². The van der Waals surface area contributed by atoms with Gasteiger partial charge in [0.05, 0.1) is 0 Å². The molecule has 1 aromatic carbocycles. The van der Waals surface area contributed by atoms with Gasteiger partial charge in [-0.15, -0.1) is 12.4 Å². The molecule has 1 aromatic rings. The molecule has 0 saturated carbocycles. The Morgan fingerprint density at radius 3 is 2.78 bits per heavy atom. The van der Waals surface area contributed by atoms with E-state index in [1.807, 2.05) is 30.1 Å². The Morgan fingerprint density at radius 1 is 1.50 bits per heavy atom. The molecule has 0 aromatic heterocycles. The van der Waals surface area contributed by atoms with Gasteiger partial charge in [0.1, 0.15) is 0 Å². The molecular formula is C13H18ClIN2O. The van der Waals surface area contributed by atoms with Crippen molar-refractivity contribution in [2.45, 2.75) is 19.4 Å². The number of nitrogens with zero attached hydrogens (tertiary/aromatic N) is 1. The lowest BCUT2D eigenvalue weighted by atomic mass is 10.1. The fourth-order valence-electron chi connectivity index (χ4n) is 2.07. The molecule has 1 N–H and O–H groups in total. The number of hydrogen-bond donors (Lipinski definition) is 1. The van der Waals surface area contributed by atoms with E-state index in [-0.39, 0.29) is 18.3 Å². The number of likely N-dealkylation sites (N-methyl/N-ethyl adjacent to an activating group) is 1. The molecule has 5 heteroatoms. The Labute approximate surface area is 128 Å². The predicted octanol–water partition coefficient (Wildman–Crippen LogP) is 2.46. The molecule has 1 aliphatic heterocycles. The zero-order valence-electron chi connectivity index (χ0n) is 10.6. The minimum Gasteiger partial charge on any atom is -0.337 e. The summed E-state index contributed by atoms with van der Waals surface area (Å²) in [6.07, 6.45) is 1.05. The molecule has 0 aliphatic carbocycles. The van der Waals surface area contributed by atoms with E-state index in [4.69, 9.17) is 0 Å². The van der Waals surface area contributed by atoms with Crippen LogP contribution in [0, 0.1) is 10.5 Å². The van der Waals surface area contributed by atoms with Gasteiger partial charge in [-0.3, -0.25) is 4.79 Å². The highest BCUT2D eigenvalue weighted by molar-refractivity contribution is 14.1. The number of carbonyl (C=O) groups is 1. The maximum absolute atomic E-state index is 12.3. The van der Waals surface area contributed by atoms with Crippen LogP contribution in [0.2, 0.25) is 0 Å². The van der Waals surface area contributed by atoms with Crippen molar-refractivity contribution in [3.63, 3.8) is 0 Å². The smallest absolute Gasteiger partial charge is 0.253 e. The molecule has 0 radical (unpaired) electrons. The topological polar surface area (TPSA) is 32.3 Å². The Balaban J connectivity index is 0.00000162. The number of amides is 1. The number of aryl methyl sites for hydroxylation is 1. The highest BCUT2D eigenvalue weighted by atomic mass is 127. The van der Waals surface area contributed by atoms with Crippen LogP contribution < -0.4 is 5.32 Å². The predicted molar refractivity (Wildman–Crippen MR) is 84.5 cm³/mol. The van der Waals surface area contributed by atoms with Crippen LogP contribution >= 0.6 is 35.0 Å². The quantitative estimate of drug-likeness (QED) is 0.800. The zero-order valence-corrected chi connectivity index (χ0v) is 13.5. The van der Waals surface area contributed by atoms with E-state index in [0.29, 0.717) is 6.04 Å². The van der Waals surface area contributed by atoms with Crippen LogP contribution in [0.1, 0.15) is 22.3 Å². The average Bonchev–Trinajstić information content (AvgIpc) is 2.84. The Kier molecular flexibility index (Phi) is 5.88. The SMILES string of the molecule is Cc1ccc(C(=O)N(C)C2CCNC2)cc1I.Cl. The van der Waals surface area contributed by atoms with Gasteiger partial charge >= 0.3 is 0 Å². The largest absolute Gasteiger partial charge is 0.337 e. The summed E-state index contributed by atoms with van der Waals surface area (Å²) in [6.45, 7) is 3.97. The third-order valence-electron chi connectivity index (χ3n) is 3.32. The van der Waals surface area contributed by atoms with Crippen LogP contribution in [-0.4, -0.2) is 37.0 Å². The summed E-state index contributed by atoms with van der Waals surface area (Å²) >= 11 is 2.27. The van der Waals surface area contributed by atoms with Gasteiger partial charge in [-0.05, 0) is 60.2 Å². The average molecular weight is 381 g/mol. The molecule has 0 bridgehead atoms. The molecule has 1 heterocycles. The van der Waals surface area contributed by atoms with E-state index in [9.17, 15) is 4.79 Å². The van der Waals surface area contributed by atoms with E-state index in [1.54, 1.807) is 0 Å². The van der Waals surface area contributed by atoms with Crippen molar-refractivity contribution in [1.29, 1.82) is 0 Å². The molecule has 1 amide bonds. The molecule has 1 fully saturated rings. The Hall–Kier alpha value is -0.330. The number of carbonyl (C=O) groups excluding carboxylic acids is 1. The van der Waals surface area contributed by atoms with Gasteiger partial charge in [0.15, 0.2) is 0 Å². The van der Waals surface area contributed by atoms with Crippen molar-refractivity contribution in [3.8, 4) is 0 Å². The highest BCUT2D eigenvalue weighted by Gasteiger charge is 2.24. The van der Waals surface area contributed by atoms with Gasteiger partial charge in [-0.25, -0.2) is 0 Å². The number of hydrogen-bond acceptors (Lipinski definition) is 2. The summed E-state index contributed by atoms with van der Waals surface area (Å²) in [6, 6.07) is 6.23. The number of halogens is 2. The normalized spacial score (nSPS) is 18.3. The second-order valence-electron chi connectivity index (χ2n) is 4.53. The summed E-state index contributed by atoms with van der Waals surface area (Å²) < 4.78 is 1.14. The number of benzene rings is 1. The summed E-state index contributed by atoms with van der Waals surface area (Å²) in [7, 11) is 1.90. The Bertz CT molecular complexity index is 433. The van der Waals surface area contributed by atoms with Crippen molar-refractivity contribution < 1.29 is 4.79 Å². The second kappa shape index (κ2) is 6.73. The number of nitrogens with one attached hydrogen (secondary N) is 1. The maximum Gasteiger partial charge on any atom is 0.253 e. The van der Waals surface area contributed by atoms with Crippen LogP contribution in [0.3, 0.4) is 0 Å². The minimum atomic E-state index is 0. The van der Waals surface area contributed by atoms with E-state index in [2.05, 4.69) is 34.8 Å². The van der Waals surface area contributed by atoms with Crippen LogP contribution in [0.15, 0.2) is 18.2 Å². The first-order valence-electron chi connectivity index (χ1n) is 5.83. The first-order valence-corrected chi connectivity index (χ1v) is 6.91. The van der Waals surface area contributed by atoms with Crippen molar-refractivity contribution >= 4 is 40.9 Å². The monoisotopic (exact) mass is 380 g/mol. The maximum atomic E-state index is 12.3. The van der Waals surface area contributed by atoms with Crippen molar-refractivity contribution in [2.24, 2.45) is 0 Å². The third-order valence-corrected chi connectivity index (χ3v) is 4.48. The fraction of sp³-hybridized carbons (Fsp3) is 0.462. The van der Waals surface area contributed by atoms with E-state index in [1.165, 1.54) is 5.56 Å². The van der Waals surface area contributed by atoms with Gasteiger partial charge in [0.25, 0.3) is 5.91 Å². The molecule has 1 saturated heterocycles. The van der Waals surface area contributed by atoms with Gasteiger partial charge in [-0.2, -0.15) is 0 Å². The van der Waals surface area contributed by atoms with Crippen LogP contribution in [-0.2, 0) is 0 Å². The standard InChI is InChI=1S/C13H17IN2O.ClH/c1-9-3-4-10(7-12(9)14)13(17)16(2)11-5-6-15-8-11;/h3-4,7,11,15H,5-6,8H2,1-2H3;1H.